The summed E-state index contributed by atoms with van der Waals surface area (Å²) in [6, 6.07) is -0.807. The lowest BCUT2D eigenvalue weighted by Crippen LogP contribution is -2.62. The fraction of sp³-hybridized carbons (Fsp3) is 0.564. The van der Waals surface area contributed by atoms with Gasteiger partial charge in [-0.2, -0.15) is 0 Å². The normalized spacial score (nSPS) is 16.1. The van der Waals surface area contributed by atoms with Crippen LogP contribution in [0.3, 0.4) is 0 Å². The second-order valence-electron chi connectivity index (χ2n) is 11.6. The van der Waals surface area contributed by atoms with E-state index in [1.165, 1.54) is 12.5 Å². The molecule has 3 amide bonds. The minimum atomic E-state index is -1.01. The Morgan fingerprint density at radius 2 is 1.60 bits per heavy atom. The van der Waals surface area contributed by atoms with E-state index in [0.717, 1.165) is 36.2 Å². The highest BCUT2D eigenvalue weighted by Gasteiger charge is 2.37. The minimum Gasteiger partial charge on any atom is -0.342 e. The summed E-state index contributed by atoms with van der Waals surface area (Å²) in [7, 11) is 0. The highest BCUT2D eigenvalue weighted by atomic mass is 32.2. The number of thioether (sulfide) groups is 1. The molecule has 1 saturated heterocycles. The van der Waals surface area contributed by atoms with E-state index in [4.69, 9.17) is 5.73 Å². The molecule has 48 heavy (non-hydrogen) atoms. The number of nitrogens with two attached hydrogens (primary N) is 1. The maximum absolute atomic E-state index is 13.0. The second-order valence-corrected chi connectivity index (χ2v) is 12.5. The zero-order chi connectivity index (χ0) is 36.8. The first-order valence-electron chi connectivity index (χ1n) is 17.4. The highest BCUT2D eigenvalue weighted by Crippen LogP contribution is 2.18. The maximum Gasteiger partial charge on any atom is 0.244 e. The standard InChI is InChI=1S/C26H43N5O3.C11H18S.C2H6/c1-6-11-19(3)12-9-8-10-13-22(7-2)18-23(24(33)30-20(4)29-21(5)32)31-25(34)26(27)14-16-28-17-15-26;1-4-6-8-11(3)10-12-9-7-5-2;1-2/h7-10,12,20,23,28H,3,6,11,13-18,27H2,1-2,4-5H3,(H,29,32)(H,30,33)(H,31,34);4-7,10H,8-9H2,1-3H3;1-2H3/b10-8-,12-9-,22-7+;6-4-,7-5-,11-10-;/t20-,23-;;/m1../s1. The van der Waals surface area contributed by atoms with Gasteiger partial charge < -0.3 is 27.0 Å². The van der Waals surface area contributed by atoms with E-state index in [1.54, 1.807) is 6.92 Å². The summed E-state index contributed by atoms with van der Waals surface area (Å²) in [6.45, 7) is 22.7. The third kappa shape index (κ3) is 24.1. The van der Waals surface area contributed by atoms with E-state index >= 15 is 0 Å². The molecular weight excluding hydrogens is 619 g/mol. The molecule has 2 atom stereocenters. The number of piperidine rings is 1. The van der Waals surface area contributed by atoms with Gasteiger partial charge in [-0.05, 0) is 91.6 Å². The monoisotopic (exact) mass is 685 g/mol. The van der Waals surface area contributed by atoms with Crippen molar-refractivity contribution in [2.45, 2.75) is 125 Å². The van der Waals surface area contributed by atoms with Crippen molar-refractivity contribution in [1.29, 1.82) is 0 Å². The van der Waals surface area contributed by atoms with Crippen LogP contribution >= 0.6 is 11.8 Å². The number of nitrogens with one attached hydrogen (secondary N) is 4. The van der Waals surface area contributed by atoms with Gasteiger partial charge in [-0.3, -0.25) is 14.4 Å². The molecule has 8 nitrogen and oxygen atoms in total. The molecule has 0 aromatic carbocycles. The molecule has 6 N–H and O–H groups in total. The van der Waals surface area contributed by atoms with Crippen molar-refractivity contribution in [3.8, 4) is 0 Å². The molecule has 0 unspecified atom stereocenters. The Bertz CT molecular complexity index is 1110. The Balaban J connectivity index is 0. The molecule has 0 aliphatic carbocycles. The zero-order valence-corrected chi connectivity index (χ0v) is 32.2. The smallest absolute Gasteiger partial charge is 0.244 e. The van der Waals surface area contributed by atoms with Gasteiger partial charge in [0, 0.05) is 12.7 Å². The van der Waals surface area contributed by atoms with E-state index in [0.29, 0.717) is 38.8 Å². The van der Waals surface area contributed by atoms with Gasteiger partial charge in [0.15, 0.2) is 0 Å². The highest BCUT2D eigenvalue weighted by molar-refractivity contribution is 8.02. The molecule has 0 aromatic rings. The van der Waals surface area contributed by atoms with Gasteiger partial charge in [-0.15, -0.1) is 11.8 Å². The molecule has 0 bridgehead atoms. The van der Waals surface area contributed by atoms with Gasteiger partial charge in [0.1, 0.15) is 6.04 Å². The van der Waals surface area contributed by atoms with Gasteiger partial charge in [-0.1, -0.05) is 105 Å². The van der Waals surface area contributed by atoms with Crippen LogP contribution < -0.4 is 27.0 Å². The molecule has 0 spiro atoms. The van der Waals surface area contributed by atoms with Crippen molar-refractivity contribution in [1.82, 2.24) is 21.3 Å². The first kappa shape index (κ1) is 47.0. The fourth-order valence-electron chi connectivity index (χ4n) is 4.44. The largest absolute Gasteiger partial charge is 0.342 e. The number of hydrogen-bond acceptors (Lipinski definition) is 6. The van der Waals surface area contributed by atoms with Crippen LogP contribution in [0, 0.1) is 0 Å². The van der Waals surface area contributed by atoms with Crippen LogP contribution in [0.25, 0.3) is 0 Å². The van der Waals surface area contributed by atoms with Crippen molar-refractivity contribution < 1.29 is 14.4 Å². The molecular formula is C39H67N5O3S. The quantitative estimate of drug-likeness (QED) is 0.0440. The Labute approximate surface area is 297 Å². The molecule has 1 heterocycles. The molecule has 9 heteroatoms. The number of hydrogen-bond donors (Lipinski definition) is 5. The topological polar surface area (TPSA) is 125 Å². The molecule has 1 aliphatic rings. The minimum absolute atomic E-state index is 0.252. The van der Waals surface area contributed by atoms with Crippen LogP contribution in [0.5, 0.6) is 0 Å². The zero-order valence-electron chi connectivity index (χ0n) is 31.4. The lowest BCUT2D eigenvalue weighted by Gasteiger charge is -2.34. The molecule has 1 fully saturated rings. The molecule has 1 aliphatic heterocycles. The second kappa shape index (κ2) is 30.0. The number of rotatable bonds is 18. The van der Waals surface area contributed by atoms with Crippen molar-refractivity contribution in [2.75, 3.05) is 18.8 Å². The van der Waals surface area contributed by atoms with Gasteiger partial charge in [-0.25, -0.2) is 0 Å². The van der Waals surface area contributed by atoms with Crippen molar-refractivity contribution >= 4 is 29.5 Å². The summed E-state index contributed by atoms with van der Waals surface area (Å²) in [5.74, 6) is 0.137. The molecule has 272 valence electrons. The summed E-state index contributed by atoms with van der Waals surface area (Å²) in [5.41, 5.74) is 8.87. The summed E-state index contributed by atoms with van der Waals surface area (Å²) in [4.78, 5) is 37.4. The van der Waals surface area contributed by atoms with Crippen molar-refractivity contribution in [2.24, 2.45) is 5.73 Å². The Hall–Kier alpha value is -3.14. The SMILES string of the molecule is C/C=C\CS/C=C(/C)C/C=C\C.C=C(/C=C\C=C/C/C(=C\C)C[C@@H](NC(=O)C1(N)CCNCC1)C(=O)N[C@H](C)NC(C)=O)CCC.CC. The van der Waals surface area contributed by atoms with Crippen LogP contribution in [0.4, 0.5) is 0 Å². The number of allylic oxidation sites excluding steroid dienone is 10. The third-order valence-electron chi connectivity index (χ3n) is 7.14. The van der Waals surface area contributed by atoms with Gasteiger partial charge in [0.05, 0.1) is 11.7 Å². The third-order valence-corrected chi connectivity index (χ3v) is 8.10. The Morgan fingerprint density at radius 1 is 0.958 bits per heavy atom. The van der Waals surface area contributed by atoms with Crippen molar-refractivity contribution in [3.05, 3.63) is 83.4 Å². The number of carbonyl (C=O) groups is 3. The molecule has 0 aromatic heterocycles. The van der Waals surface area contributed by atoms with E-state index in [-0.39, 0.29) is 17.7 Å². The van der Waals surface area contributed by atoms with E-state index < -0.39 is 17.7 Å². The summed E-state index contributed by atoms with van der Waals surface area (Å²) in [5, 5.41) is 13.7. The van der Waals surface area contributed by atoms with Crippen molar-refractivity contribution in [3.63, 3.8) is 0 Å². The predicted octanol–water partition coefficient (Wildman–Crippen LogP) is 7.54. The summed E-state index contributed by atoms with van der Waals surface area (Å²) in [6.07, 6.45) is 22.9. The average Bonchev–Trinajstić information content (AvgIpc) is 3.05. The van der Waals surface area contributed by atoms with Gasteiger partial charge in [0.25, 0.3) is 0 Å². The Morgan fingerprint density at radius 3 is 2.17 bits per heavy atom. The summed E-state index contributed by atoms with van der Waals surface area (Å²) < 4.78 is 0. The molecule has 1 rings (SSSR count). The molecule has 0 radical (unpaired) electrons. The lowest BCUT2D eigenvalue weighted by atomic mass is 9.88. The van der Waals surface area contributed by atoms with E-state index in [9.17, 15) is 14.4 Å². The number of amides is 3. The predicted molar refractivity (Wildman–Crippen MR) is 210 cm³/mol. The first-order chi connectivity index (χ1) is 22.9. The Kier molecular flexibility index (Phi) is 29.3. The van der Waals surface area contributed by atoms with E-state index in [1.807, 2.05) is 62.9 Å². The summed E-state index contributed by atoms with van der Waals surface area (Å²) >= 11 is 1.85. The van der Waals surface area contributed by atoms with Crippen LogP contribution in [0.15, 0.2) is 83.4 Å². The van der Waals surface area contributed by atoms with Gasteiger partial charge >= 0.3 is 0 Å². The maximum atomic E-state index is 13.0. The van der Waals surface area contributed by atoms with Crippen LogP contribution in [0.2, 0.25) is 0 Å². The van der Waals surface area contributed by atoms with E-state index in [2.05, 4.69) is 85.3 Å². The average molecular weight is 686 g/mol. The first-order valence-corrected chi connectivity index (χ1v) is 18.5. The fourth-order valence-corrected chi connectivity index (χ4v) is 5.22. The van der Waals surface area contributed by atoms with Gasteiger partial charge in [0.2, 0.25) is 17.7 Å². The van der Waals surface area contributed by atoms with Crippen LogP contribution in [-0.2, 0) is 14.4 Å². The molecule has 0 saturated carbocycles. The lowest BCUT2D eigenvalue weighted by molar-refractivity contribution is -0.133. The van der Waals surface area contributed by atoms with Crippen LogP contribution in [-0.4, -0.2) is 54.3 Å². The van der Waals surface area contributed by atoms with Crippen LogP contribution in [0.1, 0.15) is 107 Å². The number of carbonyl (C=O) groups excluding carboxylic acids is 3.